The van der Waals surface area contributed by atoms with Gasteiger partial charge in [-0.1, -0.05) is 12.1 Å². The molecule has 3 aliphatic rings. The molecule has 2 aromatic heterocycles. The van der Waals surface area contributed by atoms with Gasteiger partial charge in [-0.15, -0.1) is 0 Å². The molecule has 2 fully saturated rings. The predicted octanol–water partition coefficient (Wildman–Crippen LogP) is 0.973. The second-order valence-corrected chi connectivity index (χ2v) is 9.39. The Morgan fingerprint density at radius 2 is 1.81 bits per heavy atom. The molecule has 1 N–H and O–H groups in total. The van der Waals surface area contributed by atoms with Crippen LogP contribution in [0.4, 0.5) is 0 Å². The molecule has 0 aromatic carbocycles. The quantitative estimate of drug-likeness (QED) is 0.747. The lowest BCUT2D eigenvalue weighted by molar-refractivity contribution is 0.106. The number of hydrogen-bond acceptors (Lipinski definition) is 6. The summed E-state index contributed by atoms with van der Waals surface area (Å²) in [6.07, 6.45) is 4.97. The number of aliphatic hydroxyl groups excluding tert-OH is 1. The van der Waals surface area contributed by atoms with Gasteiger partial charge in [-0.2, -0.15) is 0 Å². The smallest absolute Gasteiger partial charge is 0.255 e. The van der Waals surface area contributed by atoms with Crippen molar-refractivity contribution in [1.29, 1.82) is 0 Å². The number of aliphatic hydroxyl groups is 1. The summed E-state index contributed by atoms with van der Waals surface area (Å²) < 4.78 is 2.08. The van der Waals surface area contributed by atoms with Crippen molar-refractivity contribution in [3.63, 3.8) is 0 Å². The van der Waals surface area contributed by atoms with E-state index in [-0.39, 0.29) is 12.2 Å². The first-order chi connectivity index (χ1) is 15.2. The standard InChI is InChI=1S/C24H33N5O2/c30-11-10-26-6-8-27(9-7-26)17-21-3-4-23-22-12-20(16-29(23)24(21)31)15-28(18-22)14-19-2-1-5-25-13-19/h1-5,13,20,22,30H,6-12,14-18H2/t20-,22+/m0/s1. The van der Waals surface area contributed by atoms with E-state index in [0.717, 1.165) is 71.0 Å². The van der Waals surface area contributed by atoms with Gasteiger partial charge in [-0.05, 0) is 30.0 Å². The van der Waals surface area contributed by atoms with Gasteiger partial charge >= 0.3 is 0 Å². The molecule has 2 bridgehead atoms. The molecule has 0 radical (unpaired) electrons. The summed E-state index contributed by atoms with van der Waals surface area (Å²) in [5.74, 6) is 0.978. The SMILES string of the molecule is O=c1c(CN2CCN(CCO)CC2)ccc2n1C[C@H]1C[C@@H]2CN(Cc2cccnc2)C1. The largest absolute Gasteiger partial charge is 0.395 e. The number of β-amino-alcohol motifs (C(OH)–C–C–N with tert-alkyl or cyclic N) is 1. The second-order valence-electron chi connectivity index (χ2n) is 9.39. The van der Waals surface area contributed by atoms with Gasteiger partial charge in [0.05, 0.1) is 6.61 Å². The van der Waals surface area contributed by atoms with Crippen LogP contribution < -0.4 is 5.56 Å². The molecule has 5 rings (SSSR count). The van der Waals surface area contributed by atoms with Gasteiger partial charge in [-0.25, -0.2) is 0 Å². The van der Waals surface area contributed by atoms with Gasteiger partial charge in [0.15, 0.2) is 0 Å². The molecule has 2 aromatic rings. The lowest BCUT2D eigenvalue weighted by Gasteiger charge is -2.43. The Bertz CT molecular complexity index is 939. The van der Waals surface area contributed by atoms with Crippen molar-refractivity contribution >= 4 is 0 Å². The van der Waals surface area contributed by atoms with Crippen LogP contribution in [0.5, 0.6) is 0 Å². The highest BCUT2D eigenvalue weighted by Gasteiger charge is 2.35. The van der Waals surface area contributed by atoms with Crippen molar-refractivity contribution in [1.82, 2.24) is 24.3 Å². The summed E-state index contributed by atoms with van der Waals surface area (Å²) in [6, 6.07) is 8.44. The Morgan fingerprint density at radius 3 is 2.58 bits per heavy atom. The van der Waals surface area contributed by atoms with Gasteiger partial charge < -0.3 is 9.67 Å². The van der Waals surface area contributed by atoms with Crippen molar-refractivity contribution in [2.45, 2.75) is 32.0 Å². The minimum absolute atomic E-state index is 0.214. The molecule has 5 heterocycles. The lowest BCUT2D eigenvalue weighted by Crippen LogP contribution is -2.49. The molecule has 0 saturated carbocycles. The number of likely N-dealkylation sites (tertiary alicyclic amines) is 1. The fourth-order valence-corrected chi connectivity index (χ4v) is 5.64. The maximum absolute atomic E-state index is 13.3. The molecule has 166 valence electrons. The highest BCUT2D eigenvalue weighted by Crippen LogP contribution is 2.35. The number of pyridine rings is 2. The summed E-state index contributed by atoms with van der Waals surface area (Å²) in [5.41, 5.74) is 3.61. The summed E-state index contributed by atoms with van der Waals surface area (Å²) in [4.78, 5) is 24.8. The maximum Gasteiger partial charge on any atom is 0.255 e. The predicted molar refractivity (Wildman–Crippen MR) is 120 cm³/mol. The molecule has 2 saturated heterocycles. The van der Waals surface area contributed by atoms with Crippen LogP contribution in [0.25, 0.3) is 0 Å². The van der Waals surface area contributed by atoms with Crippen LogP contribution in [0.3, 0.4) is 0 Å². The van der Waals surface area contributed by atoms with E-state index in [2.05, 4.69) is 42.4 Å². The molecule has 0 amide bonds. The van der Waals surface area contributed by atoms with Gasteiger partial charge in [0.25, 0.3) is 5.56 Å². The monoisotopic (exact) mass is 423 g/mol. The van der Waals surface area contributed by atoms with Gasteiger partial charge in [0, 0.05) is 95.0 Å². The molecule has 0 unspecified atom stereocenters. The Morgan fingerprint density at radius 1 is 0.968 bits per heavy atom. The van der Waals surface area contributed by atoms with Crippen LogP contribution >= 0.6 is 0 Å². The number of piperidine rings is 1. The highest BCUT2D eigenvalue weighted by atomic mass is 16.3. The molecule has 3 aliphatic heterocycles. The minimum atomic E-state index is 0.214. The molecule has 0 spiro atoms. The van der Waals surface area contributed by atoms with Crippen molar-refractivity contribution < 1.29 is 5.11 Å². The number of fused-ring (bicyclic) bond motifs is 4. The minimum Gasteiger partial charge on any atom is -0.395 e. The van der Waals surface area contributed by atoms with Gasteiger partial charge in [0.2, 0.25) is 0 Å². The molecule has 7 heteroatoms. The normalized spacial score (nSPS) is 24.8. The summed E-state index contributed by atoms with van der Waals surface area (Å²) in [7, 11) is 0. The Kier molecular flexibility index (Phi) is 6.18. The average Bonchev–Trinajstić information content (AvgIpc) is 2.78. The molecule has 0 aliphatic carbocycles. The summed E-state index contributed by atoms with van der Waals surface area (Å²) >= 11 is 0. The van der Waals surface area contributed by atoms with Crippen LogP contribution in [0, 0.1) is 5.92 Å². The van der Waals surface area contributed by atoms with E-state index in [1.54, 1.807) is 0 Å². The molecule has 7 nitrogen and oxygen atoms in total. The third kappa shape index (κ3) is 4.60. The zero-order valence-electron chi connectivity index (χ0n) is 18.2. The second kappa shape index (κ2) is 9.20. The first-order valence-corrected chi connectivity index (χ1v) is 11.6. The van der Waals surface area contributed by atoms with E-state index in [1.807, 2.05) is 18.5 Å². The third-order valence-corrected chi connectivity index (χ3v) is 7.16. The van der Waals surface area contributed by atoms with E-state index < -0.39 is 0 Å². The van der Waals surface area contributed by atoms with Crippen molar-refractivity contribution in [2.24, 2.45) is 5.92 Å². The topological polar surface area (TPSA) is 64.8 Å². The van der Waals surface area contributed by atoms with Crippen molar-refractivity contribution in [2.75, 3.05) is 52.4 Å². The number of piperazine rings is 1. The van der Waals surface area contributed by atoms with Gasteiger partial charge in [-0.3, -0.25) is 24.5 Å². The van der Waals surface area contributed by atoms with E-state index >= 15 is 0 Å². The van der Waals surface area contributed by atoms with Crippen LogP contribution in [0.2, 0.25) is 0 Å². The van der Waals surface area contributed by atoms with E-state index in [4.69, 9.17) is 5.11 Å². The molecule has 31 heavy (non-hydrogen) atoms. The Hall–Kier alpha value is -2.06. The number of hydrogen-bond donors (Lipinski definition) is 1. The Balaban J connectivity index is 1.27. The molecular weight excluding hydrogens is 390 g/mol. The average molecular weight is 424 g/mol. The zero-order valence-corrected chi connectivity index (χ0v) is 18.2. The van der Waals surface area contributed by atoms with Crippen molar-refractivity contribution in [3.8, 4) is 0 Å². The number of nitrogens with zero attached hydrogens (tertiary/aromatic N) is 5. The first-order valence-electron chi connectivity index (χ1n) is 11.6. The van der Waals surface area contributed by atoms with E-state index in [0.29, 0.717) is 11.8 Å². The third-order valence-electron chi connectivity index (χ3n) is 7.16. The fourth-order valence-electron chi connectivity index (χ4n) is 5.64. The first kappa shape index (κ1) is 20.8. The summed E-state index contributed by atoms with van der Waals surface area (Å²) in [6.45, 7) is 9.36. The van der Waals surface area contributed by atoms with E-state index in [1.165, 1.54) is 17.7 Å². The van der Waals surface area contributed by atoms with Crippen LogP contribution in [0.1, 0.15) is 29.2 Å². The lowest BCUT2D eigenvalue weighted by atomic mass is 9.83. The van der Waals surface area contributed by atoms with Crippen LogP contribution in [-0.4, -0.2) is 81.8 Å². The van der Waals surface area contributed by atoms with Crippen molar-refractivity contribution in [3.05, 3.63) is 63.8 Å². The maximum atomic E-state index is 13.3. The van der Waals surface area contributed by atoms with E-state index in [9.17, 15) is 4.79 Å². The summed E-state index contributed by atoms with van der Waals surface area (Å²) in [5, 5.41) is 9.12. The number of rotatable bonds is 6. The zero-order chi connectivity index (χ0) is 21.2. The van der Waals surface area contributed by atoms with Crippen LogP contribution in [0.15, 0.2) is 41.5 Å². The molecule has 2 atom stereocenters. The molecular formula is C24H33N5O2. The van der Waals surface area contributed by atoms with Crippen LogP contribution in [-0.2, 0) is 19.6 Å². The highest BCUT2D eigenvalue weighted by molar-refractivity contribution is 5.23. The fraction of sp³-hybridized carbons (Fsp3) is 0.583. The Labute approximate surface area is 183 Å². The number of aromatic nitrogens is 2. The van der Waals surface area contributed by atoms with Gasteiger partial charge in [0.1, 0.15) is 0 Å².